The molecule has 0 atom stereocenters. The number of carbonyl (C=O) groups excluding carboxylic acids is 1. The standard InChI is InChI=1S/C15H15N3O3/c19-15(17-10-12-6-2-1-3-7-12)11-16-13-8-4-5-9-14(13)18(20)21/h1-9,16H,10-11H2,(H,17,19). The predicted molar refractivity (Wildman–Crippen MR) is 79.9 cm³/mol. The maximum Gasteiger partial charge on any atom is 0.292 e. The van der Waals surface area contributed by atoms with Gasteiger partial charge in [-0.05, 0) is 11.6 Å². The van der Waals surface area contributed by atoms with E-state index in [0.717, 1.165) is 5.56 Å². The number of amides is 1. The Balaban J connectivity index is 1.86. The number of para-hydroxylation sites is 2. The van der Waals surface area contributed by atoms with E-state index in [0.29, 0.717) is 12.2 Å². The minimum absolute atomic E-state index is 0.0162. The summed E-state index contributed by atoms with van der Waals surface area (Å²) in [6.07, 6.45) is 0. The Hall–Kier alpha value is -2.89. The molecule has 6 nitrogen and oxygen atoms in total. The number of carbonyl (C=O) groups is 1. The minimum atomic E-state index is -0.482. The molecule has 0 saturated heterocycles. The number of anilines is 1. The molecule has 2 N–H and O–H groups in total. The van der Waals surface area contributed by atoms with Crippen molar-refractivity contribution in [1.29, 1.82) is 0 Å². The first-order valence-electron chi connectivity index (χ1n) is 6.45. The zero-order valence-electron chi connectivity index (χ0n) is 11.3. The first-order chi connectivity index (χ1) is 10.2. The highest BCUT2D eigenvalue weighted by Crippen LogP contribution is 2.22. The molecule has 0 heterocycles. The Bertz CT molecular complexity index is 629. The van der Waals surface area contributed by atoms with Crippen LogP contribution in [0.2, 0.25) is 0 Å². The largest absolute Gasteiger partial charge is 0.371 e. The van der Waals surface area contributed by atoms with Crippen molar-refractivity contribution >= 4 is 17.3 Å². The number of hydrogen-bond donors (Lipinski definition) is 2. The van der Waals surface area contributed by atoms with Crippen LogP contribution < -0.4 is 10.6 Å². The minimum Gasteiger partial charge on any atom is -0.371 e. The average molecular weight is 285 g/mol. The van der Waals surface area contributed by atoms with Crippen molar-refractivity contribution in [1.82, 2.24) is 5.32 Å². The molecular formula is C15H15N3O3. The maximum atomic E-state index is 11.7. The molecule has 2 rings (SSSR count). The van der Waals surface area contributed by atoms with E-state index in [-0.39, 0.29) is 18.1 Å². The summed E-state index contributed by atoms with van der Waals surface area (Å²) in [5.41, 5.74) is 1.28. The smallest absolute Gasteiger partial charge is 0.292 e. The summed E-state index contributed by atoms with van der Waals surface area (Å²) in [5.74, 6) is -0.225. The predicted octanol–water partition coefficient (Wildman–Crippen LogP) is 2.32. The van der Waals surface area contributed by atoms with Crippen LogP contribution in [0.15, 0.2) is 54.6 Å². The number of nitro benzene ring substituents is 1. The van der Waals surface area contributed by atoms with Crippen LogP contribution in [0.4, 0.5) is 11.4 Å². The van der Waals surface area contributed by atoms with Gasteiger partial charge in [0.1, 0.15) is 5.69 Å². The molecule has 108 valence electrons. The molecule has 6 heteroatoms. The Morgan fingerprint density at radius 1 is 1.05 bits per heavy atom. The van der Waals surface area contributed by atoms with E-state index in [2.05, 4.69) is 10.6 Å². The van der Waals surface area contributed by atoms with E-state index >= 15 is 0 Å². The molecule has 0 aliphatic rings. The van der Waals surface area contributed by atoms with Crippen molar-refractivity contribution < 1.29 is 9.72 Å². The second kappa shape index (κ2) is 7.04. The normalized spacial score (nSPS) is 9.90. The van der Waals surface area contributed by atoms with E-state index in [9.17, 15) is 14.9 Å². The van der Waals surface area contributed by atoms with Gasteiger partial charge in [-0.2, -0.15) is 0 Å². The van der Waals surface area contributed by atoms with Crippen LogP contribution in [0, 0.1) is 10.1 Å². The molecule has 0 unspecified atom stereocenters. The first-order valence-corrected chi connectivity index (χ1v) is 6.45. The van der Waals surface area contributed by atoms with Gasteiger partial charge in [0.2, 0.25) is 5.91 Å². The number of nitrogens with zero attached hydrogens (tertiary/aromatic N) is 1. The molecule has 2 aromatic rings. The molecule has 21 heavy (non-hydrogen) atoms. The fourth-order valence-corrected chi connectivity index (χ4v) is 1.82. The van der Waals surface area contributed by atoms with Gasteiger partial charge in [0, 0.05) is 12.6 Å². The van der Waals surface area contributed by atoms with Gasteiger partial charge in [0.25, 0.3) is 5.69 Å². The molecule has 0 aliphatic heterocycles. The molecule has 0 spiro atoms. The van der Waals surface area contributed by atoms with Crippen LogP contribution in [0.25, 0.3) is 0 Å². The van der Waals surface area contributed by atoms with Crippen molar-refractivity contribution in [3.05, 3.63) is 70.3 Å². The van der Waals surface area contributed by atoms with Gasteiger partial charge >= 0.3 is 0 Å². The van der Waals surface area contributed by atoms with Crippen molar-refractivity contribution in [3.8, 4) is 0 Å². The lowest BCUT2D eigenvalue weighted by Crippen LogP contribution is -2.29. The van der Waals surface area contributed by atoms with Crippen molar-refractivity contribution in [2.24, 2.45) is 0 Å². The van der Waals surface area contributed by atoms with E-state index in [1.807, 2.05) is 30.3 Å². The van der Waals surface area contributed by atoms with Crippen molar-refractivity contribution in [2.75, 3.05) is 11.9 Å². The molecule has 2 aromatic carbocycles. The Labute approximate surface area is 121 Å². The molecule has 0 saturated carbocycles. The number of nitro groups is 1. The highest BCUT2D eigenvalue weighted by molar-refractivity contribution is 5.81. The second-order valence-corrected chi connectivity index (χ2v) is 4.39. The van der Waals surface area contributed by atoms with E-state index < -0.39 is 4.92 Å². The third-order valence-corrected chi connectivity index (χ3v) is 2.87. The average Bonchev–Trinajstić information content (AvgIpc) is 2.52. The highest BCUT2D eigenvalue weighted by Gasteiger charge is 2.12. The van der Waals surface area contributed by atoms with Crippen LogP contribution in [0.5, 0.6) is 0 Å². The first kappa shape index (κ1) is 14.5. The molecule has 0 aliphatic carbocycles. The van der Waals surface area contributed by atoms with Gasteiger partial charge in [-0.1, -0.05) is 42.5 Å². The summed E-state index contributed by atoms with van der Waals surface area (Å²) < 4.78 is 0. The molecule has 0 bridgehead atoms. The van der Waals surface area contributed by atoms with E-state index in [1.54, 1.807) is 18.2 Å². The summed E-state index contributed by atoms with van der Waals surface area (Å²) in [6, 6.07) is 15.7. The van der Waals surface area contributed by atoms with Crippen LogP contribution >= 0.6 is 0 Å². The maximum absolute atomic E-state index is 11.7. The summed E-state index contributed by atoms with van der Waals surface area (Å²) in [4.78, 5) is 22.1. The van der Waals surface area contributed by atoms with Gasteiger partial charge in [-0.15, -0.1) is 0 Å². The Morgan fingerprint density at radius 2 is 1.71 bits per heavy atom. The number of nitrogens with one attached hydrogen (secondary N) is 2. The highest BCUT2D eigenvalue weighted by atomic mass is 16.6. The molecular weight excluding hydrogens is 270 g/mol. The lowest BCUT2D eigenvalue weighted by Gasteiger charge is -2.08. The van der Waals surface area contributed by atoms with Crippen LogP contribution in [0.3, 0.4) is 0 Å². The third-order valence-electron chi connectivity index (χ3n) is 2.87. The quantitative estimate of drug-likeness (QED) is 0.630. The lowest BCUT2D eigenvalue weighted by atomic mass is 10.2. The molecule has 0 aromatic heterocycles. The lowest BCUT2D eigenvalue weighted by molar-refractivity contribution is -0.383. The van der Waals surface area contributed by atoms with Crippen LogP contribution in [-0.2, 0) is 11.3 Å². The summed E-state index contributed by atoms with van der Waals surface area (Å²) in [5, 5.41) is 16.4. The number of benzene rings is 2. The molecule has 1 amide bonds. The fraction of sp³-hybridized carbons (Fsp3) is 0.133. The van der Waals surface area contributed by atoms with Gasteiger partial charge in [0.15, 0.2) is 0 Å². The fourth-order valence-electron chi connectivity index (χ4n) is 1.82. The monoisotopic (exact) mass is 285 g/mol. The third kappa shape index (κ3) is 4.31. The number of rotatable bonds is 6. The van der Waals surface area contributed by atoms with Crippen LogP contribution in [0.1, 0.15) is 5.56 Å². The summed E-state index contributed by atoms with van der Waals surface area (Å²) in [7, 11) is 0. The Morgan fingerprint density at radius 3 is 2.43 bits per heavy atom. The van der Waals surface area contributed by atoms with Gasteiger partial charge in [-0.25, -0.2) is 0 Å². The summed E-state index contributed by atoms with van der Waals surface area (Å²) >= 11 is 0. The molecule has 0 fully saturated rings. The Kier molecular flexibility index (Phi) is 4.87. The zero-order chi connectivity index (χ0) is 15.1. The van der Waals surface area contributed by atoms with Crippen molar-refractivity contribution in [2.45, 2.75) is 6.54 Å². The summed E-state index contributed by atoms with van der Waals surface area (Å²) in [6.45, 7) is 0.413. The molecule has 0 radical (unpaired) electrons. The van der Waals surface area contributed by atoms with Gasteiger partial charge in [-0.3, -0.25) is 14.9 Å². The van der Waals surface area contributed by atoms with E-state index in [4.69, 9.17) is 0 Å². The van der Waals surface area contributed by atoms with Gasteiger partial charge in [0.05, 0.1) is 11.5 Å². The second-order valence-electron chi connectivity index (χ2n) is 4.39. The van der Waals surface area contributed by atoms with Crippen molar-refractivity contribution in [3.63, 3.8) is 0 Å². The topological polar surface area (TPSA) is 84.3 Å². The van der Waals surface area contributed by atoms with E-state index in [1.165, 1.54) is 6.07 Å². The SMILES string of the molecule is O=C(CNc1ccccc1[N+](=O)[O-])NCc1ccccc1. The van der Waals surface area contributed by atoms with Gasteiger partial charge < -0.3 is 10.6 Å². The number of hydrogen-bond acceptors (Lipinski definition) is 4. The van der Waals surface area contributed by atoms with Crippen LogP contribution in [-0.4, -0.2) is 17.4 Å². The zero-order valence-corrected chi connectivity index (χ0v) is 11.3.